The number of sulfonamides is 1. The van der Waals surface area contributed by atoms with Crippen molar-refractivity contribution in [3.05, 3.63) is 35.9 Å². The zero-order valence-electron chi connectivity index (χ0n) is 16.4. The van der Waals surface area contributed by atoms with Crippen molar-refractivity contribution in [1.29, 1.82) is 0 Å². The highest BCUT2D eigenvalue weighted by molar-refractivity contribution is 7.89. The molecule has 4 aromatic rings. The monoisotopic (exact) mass is 459 g/mol. The number of nitrogen functional groups attached to an aromatic ring is 1. The van der Waals surface area contributed by atoms with E-state index in [2.05, 4.69) is 25.6 Å². The van der Waals surface area contributed by atoms with Crippen LogP contribution in [0.2, 0.25) is 0 Å². The van der Waals surface area contributed by atoms with Crippen molar-refractivity contribution in [2.45, 2.75) is 30.6 Å². The largest absolute Gasteiger partial charge is 0.396 e. The third kappa shape index (κ3) is 4.28. The first-order valence-corrected chi connectivity index (χ1v) is 11.9. The number of aromatic amines is 1. The van der Waals surface area contributed by atoms with Crippen molar-refractivity contribution < 1.29 is 13.5 Å². The molecule has 0 atom stereocenters. The van der Waals surface area contributed by atoms with Gasteiger partial charge >= 0.3 is 0 Å². The standard InChI is InChI=1S/C19H21N7O3S2/c20-19-22-16-13(6-4-7-14(16)30-19)12-9-8-11(5-2-1-3-10-27)17(31(21,28)29)15(12)18-23-25-26-24-18/h4,6-9,27H,1-3,5,10H2,(H2,20,22)(H2,21,28,29)(H,23,24,25,26). The summed E-state index contributed by atoms with van der Waals surface area (Å²) in [6.45, 7) is 0.0931. The van der Waals surface area contributed by atoms with Gasteiger partial charge in [-0.1, -0.05) is 42.0 Å². The number of primary sulfonamides is 1. The molecule has 0 radical (unpaired) electrons. The lowest BCUT2D eigenvalue weighted by molar-refractivity contribution is 0.283. The lowest BCUT2D eigenvalue weighted by atomic mass is 9.94. The van der Waals surface area contributed by atoms with E-state index in [1.807, 2.05) is 24.3 Å². The van der Waals surface area contributed by atoms with Gasteiger partial charge in [0.15, 0.2) is 5.13 Å². The maximum absolute atomic E-state index is 12.7. The van der Waals surface area contributed by atoms with Crippen LogP contribution < -0.4 is 10.9 Å². The fourth-order valence-corrected chi connectivity index (χ4v) is 5.43. The van der Waals surface area contributed by atoms with Crippen molar-refractivity contribution in [2.24, 2.45) is 5.14 Å². The molecule has 0 amide bonds. The second-order valence-corrected chi connectivity index (χ2v) is 9.56. The van der Waals surface area contributed by atoms with Crippen LogP contribution in [0.25, 0.3) is 32.7 Å². The molecule has 162 valence electrons. The fourth-order valence-electron chi connectivity index (χ4n) is 3.65. The SMILES string of the molecule is Nc1nc2c(-c3ccc(CCCCCO)c(S(N)(=O)=O)c3-c3nn[nH]n3)cccc2s1. The smallest absolute Gasteiger partial charge is 0.239 e. The number of nitrogens with two attached hydrogens (primary N) is 2. The van der Waals surface area contributed by atoms with Crippen LogP contribution in [0.3, 0.4) is 0 Å². The van der Waals surface area contributed by atoms with Gasteiger partial charge in [0.1, 0.15) is 0 Å². The normalized spacial score (nSPS) is 11.9. The van der Waals surface area contributed by atoms with E-state index in [4.69, 9.17) is 16.0 Å². The van der Waals surface area contributed by atoms with E-state index in [1.54, 1.807) is 6.07 Å². The molecule has 0 bridgehead atoms. The molecule has 0 unspecified atom stereocenters. The number of hydrogen-bond donors (Lipinski definition) is 4. The molecule has 0 aliphatic heterocycles. The number of fused-ring (bicyclic) bond motifs is 1. The first kappa shape index (κ1) is 21.3. The van der Waals surface area contributed by atoms with E-state index in [9.17, 15) is 8.42 Å². The Morgan fingerprint density at radius 3 is 2.65 bits per heavy atom. The van der Waals surface area contributed by atoms with Crippen LogP contribution in [0.15, 0.2) is 35.2 Å². The van der Waals surface area contributed by atoms with Crippen LogP contribution in [-0.4, -0.2) is 45.7 Å². The van der Waals surface area contributed by atoms with E-state index in [-0.39, 0.29) is 22.9 Å². The van der Waals surface area contributed by atoms with Crippen molar-refractivity contribution in [1.82, 2.24) is 25.6 Å². The van der Waals surface area contributed by atoms with Gasteiger partial charge in [0.05, 0.1) is 20.7 Å². The third-order valence-electron chi connectivity index (χ3n) is 4.92. The van der Waals surface area contributed by atoms with Crippen LogP contribution in [0.1, 0.15) is 24.8 Å². The topological polar surface area (TPSA) is 174 Å². The van der Waals surface area contributed by atoms with Crippen molar-refractivity contribution in [3.8, 4) is 22.5 Å². The predicted octanol–water partition coefficient (Wildman–Crippen LogP) is 2.08. The number of nitrogens with zero attached hydrogens (tertiary/aromatic N) is 4. The molecule has 0 saturated carbocycles. The average molecular weight is 460 g/mol. The molecule has 0 aliphatic rings. The van der Waals surface area contributed by atoms with Gasteiger partial charge < -0.3 is 10.8 Å². The van der Waals surface area contributed by atoms with Gasteiger partial charge in [-0.25, -0.2) is 18.5 Å². The number of aromatic nitrogens is 5. The predicted molar refractivity (Wildman–Crippen MR) is 119 cm³/mol. The van der Waals surface area contributed by atoms with E-state index in [0.29, 0.717) is 46.6 Å². The summed E-state index contributed by atoms with van der Waals surface area (Å²) in [5, 5.41) is 29.2. The number of thiazole rings is 1. The molecule has 2 aromatic carbocycles. The highest BCUT2D eigenvalue weighted by Gasteiger charge is 2.27. The minimum Gasteiger partial charge on any atom is -0.396 e. The Hall–Kier alpha value is -2.93. The molecule has 2 heterocycles. The third-order valence-corrected chi connectivity index (χ3v) is 6.81. The summed E-state index contributed by atoms with van der Waals surface area (Å²) in [5.41, 5.74) is 8.67. The quantitative estimate of drug-likeness (QED) is 0.290. The van der Waals surface area contributed by atoms with E-state index >= 15 is 0 Å². The summed E-state index contributed by atoms with van der Waals surface area (Å²) in [4.78, 5) is 4.39. The van der Waals surface area contributed by atoms with Crippen LogP contribution >= 0.6 is 11.3 Å². The summed E-state index contributed by atoms with van der Waals surface area (Å²) in [6.07, 6.45) is 2.59. The second-order valence-electron chi connectivity index (χ2n) is 7.00. The number of anilines is 1. The summed E-state index contributed by atoms with van der Waals surface area (Å²) in [5.74, 6) is 0.122. The van der Waals surface area contributed by atoms with Gasteiger partial charge in [-0.15, -0.1) is 10.2 Å². The summed E-state index contributed by atoms with van der Waals surface area (Å²) in [7, 11) is -4.12. The van der Waals surface area contributed by atoms with Crippen molar-refractivity contribution >= 4 is 36.7 Å². The molecule has 31 heavy (non-hydrogen) atoms. The molecule has 0 fully saturated rings. The molecule has 2 aromatic heterocycles. The molecule has 4 rings (SSSR count). The summed E-state index contributed by atoms with van der Waals surface area (Å²) in [6, 6.07) is 9.18. The number of H-pyrrole nitrogens is 1. The number of aliphatic hydroxyl groups excluding tert-OH is 1. The van der Waals surface area contributed by atoms with Gasteiger partial charge in [0.2, 0.25) is 15.8 Å². The number of para-hydroxylation sites is 1. The van der Waals surface area contributed by atoms with Gasteiger partial charge in [-0.05, 0) is 41.7 Å². The van der Waals surface area contributed by atoms with Crippen molar-refractivity contribution in [3.63, 3.8) is 0 Å². The fraction of sp³-hybridized carbons (Fsp3) is 0.263. The molecule has 12 heteroatoms. The van der Waals surface area contributed by atoms with Crippen molar-refractivity contribution in [2.75, 3.05) is 12.3 Å². The average Bonchev–Trinajstić information content (AvgIpc) is 3.38. The number of aryl methyl sites for hydroxylation is 1. The van der Waals surface area contributed by atoms with E-state index < -0.39 is 10.0 Å². The number of tetrazole rings is 1. The Morgan fingerprint density at radius 2 is 1.94 bits per heavy atom. The molecule has 0 saturated heterocycles. The number of nitrogens with one attached hydrogen (secondary N) is 1. The maximum Gasteiger partial charge on any atom is 0.239 e. The van der Waals surface area contributed by atoms with E-state index in [0.717, 1.165) is 11.1 Å². The number of hydrogen-bond acceptors (Lipinski definition) is 9. The Labute approximate surface area is 182 Å². The Balaban J connectivity index is 1.98. The van der Waals surface area contributed by atoms with E-state index in [1.165, 1.54) is 11.3 Å². The summed E-state index contributed by atoms with van der Waals surface area (Å²) < 4.78 is 26.3. The van der Waals surface area contributed by atoms with Gasteiger partial charge in [-0.3, -0.25) is 0 Å². The van der Waals surface area contributed by atoms with Crippen LogP contribution in [-0.2, 0) is 16.4 Å². The lowest BCUT2D eigenvalue weighted by Crippen LogP contribution is -2.17. The number of unbranched alkanes of at least 4 members (excludes halogenated alkanes) is 2. The first-order valence-electron chi connectivity index (χ1n) is 9.59. The zero-order valence-corrected chi connectivity index (χ0v) is 18.1. The van der Waals surface area contributed by atoms with Gasteiger partial charge in [-0.2, -0.15) is 5.21 Å². The van der Waals surface area contributed by atoms with Crippen LogP contribution in [0.4, 0.5) is 5.13 Å². The first-order chi connectivity index (χ1) is 14.9. The molecular weight excluding hydrogens is 438 g/mol. The maximum atomic E-state index is 12.7. The molecule has 6 N–H and O–H groups in total. The summed E-state index contributed by atoms with van der Waals surface area (Å²) >= 11 is 1.35. The number of benzene rings is 2. The molecule has 0 aliphatic carbocycles. The zero-order chi connectivity index (χ0) is 22.0. The Kier molecular flexibility index (Phi) is 5.96. The van der Waals surface area contributed by atoms with Crippen LogP contribution in [0, 0.1) is 0 Å². The van der Waals surface area contributed by atoms with Gasteiger partial charge in [0.25, 0.3) is 0 Å². The number of rotatable bonds is 8. The highest BCUT2D eigenvalue weighted by Crippen LogP contribution is 2.41. The lowest BCUT2D eigenvalue weighted by Gasteiger charge is -2.16. The molecule has 0 spiro atoms. The van der Waals surface area contributed by atoms with Crippen LogP contribution in [0.5, 0.6) is 0 Å². The molecule has 10 nitrogen and oxygen atoms in total. The molecular formula is C19H21N7O3S2. The highest BCUT2D eigenvalue weighted by atomic mass is 32.2. The minimum absolute atomic E-state index is 0.0318. The Bertz CT molecular complexity index is 1320. The second kappa shape index (κ2) is 8.67. The Morgan fingerprint density at radius 1 is 1.10 bits per heavy atom. The number of aliphatic hydroxyl groups is 1. The van der Waals surface area contributed by atoms with Gasteiger partial charge in [0, 0.05) is 12.2 Å². The minimum atomic E-state index is -4.12.